The van der Waals surface area contributed by atoms with Gasteiger partial charge in [-0.1, -0.05) is 6.92 Å². The number of hydrogen-bond donors (Lipinski definition) is 2. The fraction of sp³-hybridized carbons (Fsp3) is 0.368. The molecule has 2 aliphatic carbocycles. The van der Waals surface area contributed by atoms with Gasteiger partial charge in [0.25, 0.3) is 5.91 Å². The highest BCUT2D eigenvalue weighted by molar-refractivity contribution is 7.10. The molecule has 0 aromatic carbocycles. The van der Waals surface area contributed by atoms with Gasteiger partial charge in [-0.3, -0.25) is 9.59 Å². The van der Waals surface area contributed by atoms with Crippen LogP contribution in [0.1, 0.15) is 52.0 Å². The Morgan fingerprint density at radius 2 is 2.15 bits per heavy atom. The van der Waals surface area contributed by atoms with Gasteiger partial charge in [0.1, 0.15) is 10.8 Å². The van der Waals surface area contributed by atoms with Crippen molar-refractivity contribution < 1.29 is 9.59 Å². The lowest BCUT2D eigenvalue weighted by Gasteiger charge is -2.12. The number of aromatic nitrogens is 2. The van der Waals surface area contributed by atoms with Crippen molar-refractivity contribution in [1.29, 1.82) is 0 Å². The van der Waals surface area contributed by atoms with Gasteiger partial charge in [-0.15, -0.1) is 11.3 Å². The normalized spacial score (nSPS) is 15.4. The van der Waals surface area contributed by atoms with E-state index in [0.717, 1.165) is 46.7 Å². The maximum atomic E-state index is 12.2. The molecule has 1 saturated carbocycles. The topological polar surface area (TPSA) is 84.0 Å². The average Bonchev–Trinajstić information content (AvgIpc) is 3.23. The summed E-state index contributed by atoms with van der Waals surface area (Å²) in [4.78, 5) is 33.5. The molecule has 2 aromatic rings. The lowest BCUT2D eigenvalue weighted by atomic mass is 10.1. The van der Waals surface area contributed by atoms with Crippen molar-refractivity contribution >= 4 is 40.6 Å². The molecule has 2 N–H and O–H groups in total. The van der Waals surface area contributed by atoms with Gasteiger partial charge in [0.15, 0.2) is 0 Å². The molecule has 2 aromatic heterocycles. The van der Waals surface area contributed by atoms with Crippen LogP contribution >= 0.6 is 11.3 Å². The molecular weight excluding hydrogens is 348 g/mol. The van der Waals surface area contributed by atoms with Gasteiger partial charge in [-0.25, -0.2) is 9.97 Å². The van der Waals surface area contributed by atoms with Crippen molar-refractivity contribution in [2.45, 2.75) is 32.6 Å². The van der Waals surface area contributed by atoms with Crippen LogP contribution in [-0.4, -0.2) is 28.8 Å². The molecule has 4 rings (SSSR count). The zero-order valence-electron chi connectivity index (χ0n) is 14.8. The molecule has 7 heteroatoms. The number of carbonyl (C=O) groups is 2. The van der Waals surface area contributed by atoms with E-state index in [0.29, 0.717) is 17.8 Å². The van der Waals surface area contributed by atoms with E-state index >= 15 is 0 Å². The van der Waals surface area contributed by atoms with E-state index in [2.05, 4.69) is 32.9 Å². The van der Waals surface area contributed by atoms with E-state index in [-0.39, 0.29) is 17.7 Å². The molecule has 0 spiro atoms. The first-order valence-electron chi connectivity index (χ1n) is 8.80. The summed E-state index contributed by atoms with van der Waals surface area (Å²) < 4.78 is 0. The highest BCUT2D eigenvalue weighted by Crippen LogP contribution is 2.38. The molecule has 26 heavy (non-hydrogen) atoms. The third-order valence-corrected chi connectivity index (χ3v) is 5.73. The molecule has 0 atom stereocenters. The van der Waals surface area contributed by atoms with Gasteiger partial charge in [0.2, 0.25) is 5.91 Å². The van der Waals surface area contributed by atoms with Crippen LogP contribution in [-0.2, 0) is 17.6 Å². The first kappa shape index (κ1) is 16.9. The largest absolute Gasteiger partial charge is 0.355 e. The van der Waals surface area contributed by atoms with Gasteiger partial charge >= 0.3 is 0 Å². The lowest BCUT2D eigenvalue weighted by molar-refractivity contribution is -0.117. The third kappa shape index (κ3) is 3.03. The summed E-state index contributed by atoms with van der Waals surface area (Å²) in [5.41, 5.74) is 4.37. The number of pyridine rings is 1. The third-order valence-electron chi connectivity index (χ3n) is 4.76. The van der Waals surface area contributed by atoms with Crippen LogP contribution in [0.4, 0.5) is 5.82 Å². The Labute approximate surface area is 155 Å². The summed E-state index contributed by atoms with van der Waals surface area (Å²) >= 11 is 1.61. The second-order valence-electron chi connectivity index (χ2n) is 6.60. The lowest BCUT2D eigenvalue weighted by Crippen LogP contribution is -2.21. The maximum absolute atomic E-state index is 12.2. The maximum Gasteiger partial charge on any atom is 0.253 e. The zero-order chi connectivity index (χ0) is 18.3. The monoisotopic (exact) mass is 368 g/mol. The Morgan fingerprint density at radius 3 is 2.81 bits per heavy atom. The minimum Gasteiger partial charge on any atom is -0.355 e. The van der Waals surface area contributed by atoms with Gasteiger partial charge in [0.05, 0.1) is 11.3 Å². The predicted octanol–water partition coefficient (Wildman–Crippen LogP) is 2.91. The van der Waals surface area contributed by atoms with Crippen molar-refractivity contribution in [3.8, 4) is 0 Å². The Morgan fingerprint density at radius 1 is 1.35 bits per heavy atom. The number of nitrogens with zero attached hydrogens (tertiary/aromatic N) is 2. The quantitative estimate of drug-likeness (QED) is 0.850. The van der Waals surface area contributed by atoms with Gasteiger partial charge in [-0.05, 0) is 36.5 Å². The first-order chi connectivity index (χ1) is 12.6. The fourth-order valence-corrected chi connectivity index (χ4v) is 3.99. The Bertz CT molecular complexity index is 928. The smallest absolute Gasteiger partial charge is 0.253 e. The molecule has 2 amide bonds. The molecule has 2 aliphatic rings. The van der Waals surface area contributed by atoms with Crippen LogP contribution in [0.3, 0.4) is 0 Å². The van der Waals surface area contributed by atoms with E-state index in [4.69, 9.17) is 0 Å². The van der Waals surface area contributed by atoms with E-state index in [1.807, 2.05) is 6.08 Å². The first-order valence-corrected chi connectivity index (χ1v) is 9.68. The molecule has 6 nitrogen and oxygen atoms in total. The van der Waals surface area contributed by atoms with E-state index in [1.165, 1.54) is 0 Å². The van der Waals surface area contributed by atoms with Crippen LogP contribution in [0.2, 0.25) is 0 Å². The molecule has 0 saturated heterocycles. The van der Waals surface area contributed by atoms with Crippen molar-refractivity contribution in [2.75, 3.05) is 12.4 Å². The van der Waals surface area contributed by atoms with Crippen molar-refractivity contribution in [2.24, 2.45) is 5.92 Å². The summed E-state index contributed by atoms with van der Waals surface area (Å²) in [6.07, 6.45) is 6.93. The number of aryl methyl sites for hydroxylation is 1. The number of carbonyl (C=O) groups excluding carboxylic acids is 2. The van der Waals surface area contributed by atoms with E-state index < -0.39 is 0 Å². The summed E-state index contributed by atoms with van der Waals surface area (Å²) in [5.74, 6) is 0.497. The second kappa shape index (κ2) is 6.64. The number of allylic oxidation sites excluding steroid dienone is 1. The average molecular weight is 368 g/mol. The second-order valence-corrected chi connectivity index (χ2v) is 7.46. The van der Waals surface area contributed by atoms with Crippen molar-refractivity contribution in [3.05, 3.63) is 39.0 Å². The summed E-state index contributed by atoms with van der Waals surface area (Å²) in [6.45, 7) is 2.08. The number of fused-ring (bicyclic) bond motifs is 1. The molecule has 134 valence electrons. The minimum atomic E-state index is -0.181. The van der Waals surface area contributed by atoms with Crippen LogP contribution in [0.5, 0.6) is 0 Å². The van der Waals surface area contributed by atoms with Crippen LogP contribution in [0, 0.1) is 5.92 Å². The number of nitrogens with one attached hydrogen (secondary N) is 2. The van der Waals surface area contributed by atoms with Crippen LogP contribution in [0.15, 0.2) is 11.6 Å². The predicted molar refractivity (Wildman–Crippen MR) is 102 cm³/mol. The van der Waals surface area contributed by atoms with Crippen molar-refractivity contribution in [3.63, 3.8) is 0 Å². The number of anilines is 1. The Balaban J connectivity index is 1.72. The Kier molecular flexibility index (Phi) is 4.32. The molecule has 1 fully saturated rings. The van der Waals surface area contributed by atoms with Crippen molar-refractivity contribution in [1.82, 2.24) is 15.3 Å². The molecule has 0 aliphatic heterocycles. The molecular formula is C19H20N4O2S. The molecule has 2 heterocycles. The summed E-state index contributed by atoms with van der Waals surface area (Å²) in [7, 11) is 1.60. The fourth-order valence-electron chi connectivity index (χ4n) is 3.07. The highest BCUT2D eigenvalue weighted by atomic mass is 32.1. The van der Waals surface area contributed by atoms with Gasteiger partial charge in [-0.2, -0.15) is 0 Å². The number of hydrogen-bond acceptors (Lipinski definition) is 5. The molecule has 0 bridgehead atoms. The summed E-state index contributed by atoms with van der Waals surface area (Å²) in [6, 6.07) is 0. The number of thiazole rings is 1. The van der Waals surface area contributed by atoms with Gasteiger partial charge in [0, 0.05) is 36.5 Å². The molecule has 0 radical (unpaired) electrons. The minimum absolute atomic E-state index is 0.0170. The van der Waals surface area contributed by atoms with E-state index in [1.54, 1.807) is 24.6 Å². The van der Waals surface area contributed by atoms with E-state index in [9.17, 15) is 9.59 Å². The van der Waals surface area contributed by atoms with Crippen LogP contribution in [0.25, 0.3) is 11.6 Å². The SMILES string of the molecule is CCc1csc(C2=Cc3c(C(=O)NC)cnc(NC(=O)C4CC4)c3C2)n1. The Hall–Kier alpha value is -2.54. The summed E-state index contributed by atoms with van der Waals surface area (Å²) in [5, 5.41) is 8.62. The standard InChI is InChI=1S/C19H20N4O2S/c1-3-12-9-26-19(22-12)11-6-13-14(7-11)16(23-17(24)10-4-5-10)21-8-15(13)18(25)20-2/h6,8-10H,3-5,7H2,1-2H3,(H,20,25)(H,21,23,24). The number of rotatable bonds is 5. The zero-order valence-corrected chi connectivity index (χ0v) is 15.6. The highest BCUT2D eigenvalue weighted by Gasteiger charge is 2.32. The van der Waals surface area contributed by atoms with Gasteiger partial charge < -0.3 is 10.6 Å². The number of amides is 2. The molecule has 0 unspecified atom stereocenters. The van der Waals surface area contributed by atoms with Crippen LogP contribution < -0.4 is 10.6 Å².